The van der Waals surface area contributed by atoms with Crippen molar-refractivity contribution in [2.45, 2.75) is 6.92 Å². The van der Waals surface area contributed by atoms with E-state index in [1.807, 2.05) is 6.92 Å². The first-order chi connectivity index (χ1) is 8.56. The Bertz CT molecular complexity index is 582. The van der Waals surface area contributed by atoms with Gasteiger partial charge in [-0.05, 0) is 37.3 Å². The monoisotopic (exact) mass is 262 g/mol. The average molecular weight is 263 g/mol. The van der Waals surface area contributed by atoms with Crippen LogP contribution >= 0.6 is 11.6 Å². The predicted octanol–water partition coefficient (Wildman–Crippen LogP) is 3.00. The highest BCUT2D eigenvalue weighted by Gasteiger charge is 2.11. The van der Waals surface area contributed by atoms with Crippen LogP contribution in [0.25, 0.3) is 0 Å². The van der Waals surface area contributed by atoms with E-state index >= 15 is 0 Å². The molecule has 1 aromatic carbocycles. The van der Waals surface area contributed by atoms with Crippen molar-refractivity contribution in [1.29, 1.82) is 0 Å². The zero-order valence-electron chi connectivity index (χ0n) is 9.64. The molecule has 4 nitrogen and oxygen atoms in total. The molecule has 0 aliphatic rings. The predicted molar refractivity (Wildman–Crippen MR) is 70.0 cm³/mol. The second kappa shape index (κ2) is 5.06. The Morgan fingerprint density at radius 2 is 2.11 bits per heavy atom. The third-order valence-corrected chi connectivity index (χ3v) is 2.69. The number of nitrogens with zero attached hydrogens (tertiary/aromatic N) is 1. The quantitative estimate of drug-likeness (QED) is 0.875. The van der Waals surface area contributed by atoms with Gasteiger partial charge in [0.2, 0.25) is 0 Å². The summed E-state index contributed by atoms with van der Waals surface area (Å²) in [5.74, 6) is -0.395. The Labute approximate surface area is 109 Å². The summed E-state index contributed by atoms with van der Waals surface area (Å²) in [6, 6.07) is 7.75. The molecule has 2 aromatic rings. The van der Waals surface area contributed by atoms with Crippen LogP contribution in [-0.2, 0) is 0 Å². The van der Waals surface area contributed by atoms with Gasteiger partial charge in [-0.3, -0.25) is 9.78 Å². The molecule has 1 amide bonds. The van der Waals surface area contributed by atoms with Crippen LogP contribution in [0.3, 0.4) is 0 Å². The fourth-order valence-electron chi connectivity index (χ4n) is 1.43. The van der Waals surface area contributed by atoms with Crippen molar-refractivity contribution in [3.05, 3.63) is 52.8 Å². The second-order valence-corrected chi connectivity index (χ2v) is 4.21. The molecule has 1 aromatic heterocycles. The first-order valence-electron chi connectivity index (χ1n) is 5.29. The maximum Gasteiger partial charge on any atom is 0.257 e. The molecule has 5 heteroatoms. The van der Waals surface area contributed by atoms with E-state index in [2.05, 4.69) is 10.3 Å². The maximum atomic E-state index is 11.9. The lowest BCUT2D eigenvalue weighted by Gasteiger charge is -2.07. The van der Waals surface area contributed by atoms with Gasteiger partial charge in [0.15, 0.2) is 0 Å². The largest absolute Gasteiger partial charge is 0.508 e. The van der Waals surface area contributed by atoms with Crippen LogP contribution in [0.2, 0.25) is 5.02 Å². The van der Waals surface area contributed by atoms with Crippen molar-refractivity contribution >= 4 is 23.2 Å². The van der Waals surface area contributed by atoms with Gasteiger partial charge in [0.1, 0.15) is 5.75 Å². The molecular weight excluding hydrogens is 252 g/mol. The normalized spacial score (nSPS) is 10.1. The van der Waals surface area contributed by atoms with E-state index in [-0.39, 0.29) is 22.2 Å². The van der Waals surface area contributed by atoms with Gasteiger partial charge >= 0.3 is 0 Å². The van der Waals surface area contributed by atoms with Gasteiger partial charge in [-0.15, -0.1) is 0 Å². The Kier molecular flexibility index (Phi) is 3.48. The summed E-state index contributed by atoms with van der Waals surface area (Å²) in [5.41, 5.74) is 1.66. The van der Waals surface area contributed by atoms with Gasteiger partial charge in [0.25, 0.3) is 5.91 Å². The van der Waals surface area contributed by atoms with E-state index < -0.39 is 0 Å². The van der Waals surface area contributed by atoms with E-state index in [1.54, 1.807) is 18.3 Å². The van der Waals surface area contributed by atoms with Crippen LogP contribution in [-0.4, -0.2) is 16.0 Å². The van der Waals surface area contributed by atoms with Crippen molar-refractivity contribution < 1.29 is 9.90 Å². The zero-order valence-corrected chi connectivity index (χ0v) is 10.4. The summed E-state index contributed by atoms with van der Waals surface area (Å²) in [5, 5.41) is 12.3. The highest BCUT2D eigenvalue weighted by molar-refractivity contribution is 6.34. The summed E-state index contributed by atoms with van der Waals surface area (Å²) in [7, 11) is 0. The molecule has 0 unspecified atom stereocenters. The van der Waals surface area contributed by atoms with E-state index in [1.165, 1.54) is 18.2 Å². The Hall–Kier alpha value is -2.07. The Morgan fingerprint density at radius 3 is 2.78 bits per heavy atom. The summed E-state index contributed by atoms with van der Waals surface area (Å²) in [6.07, 6.45) is 1.56. The van der Waals surface area contributed by atoms with Crippen LogP contribution in [0.4, 0.5) is 5.69 Å². The summed E-state index contributed by atoms with van der Waals surface area (Å²) < 4.78 is 0. The van der Waals surface area contributed by atoms with Crippen LogP contribution in [0.5, 0.6) is 5.75 Å². The van der Waals surface area contributed by atoms with E-state index in [9.17, 15) is 9.90 Å². The molecule has 0 saturated carbocycles. The summed E-state index contributed by atoms with van der Waals surface area (Å²) >= 11 is 5.89. The molecule has 2 rings (SSSR count). The SMILES string of the molecule is Cc1ccc(NC(=O)c2cc(O)ccc2Cl)cn1. The number of benzene rings is 1. The smallest absolute Gasteiger partial charge is 0.257 e. The first-order valence-corrected chi connectivity index (χ1v) is 5.66. The number of pyridine rings is 1. The van der Waals surface area contributed by atoms with Crippen LogP contribution in [0, 0.1) is 6.92 Å². The molecule has 0 radical (unpaired) electrons. The molecular formula is C13H11ClN2O2. The number of aromatic nitrogens is 1. The number of nitrogens with one attached hydrogen (secondary N) is 1. The molecule has 0 aliphatic carbocycles. The summed E-state index contributed by atoms with van der Waals surface area (Å²) in [6.45, 7) is 1.86. The number of anilines is 1. The number of halogens is 1. The lowest BCUT2D eigenvalue weighted by molar-refractivity contribution is 0.102. The molecule has 92 valence electrons. The van der Waals surface area contributed by atoms with Crippen LogP contribution < -0.4 is 5.32 Å². The number of hydrogen-bond acceptors (Lipinski definition) is 3. The summed E-state index contributed by atoms with van der Waals surface area (Å²) in [4.78, 5) is 16.0. The number of hydrogen-bond donors (Lipinski definition) is 2. The van der Waals surface area contributed by atoms with Gasteiger partial charge in [0, 0.05) is 5.69 Å². The molecule has 0 aliphatic heterocycles. The minimum Gasteiger partial charge on any atom is -0.508 e. The van der Waals surface area contributed by atoms with Crippen molar-refractivity contribution in [3.63, 3.8) is 0 Å². The van der Waals surface area contributed by atoms with Gasteiger partial charge in [-0.2, -0.15) is 0 Å². The maximum absolute atomic E-state index is 11.9. The minimum absolute atomic E-state index is 0.00780. The molecule has 0 spiro atoms. The average Bonchev–Trinajstić information content (AvgIpc) is 2.35. The van der Waals surface area contributed by atoms with Crippen LogP contribution in [0.15, 0.2) is 36.5 Å². The standard InChI is InChI=1S/C13H11ClN2O2/c1-8-2-3-9(7-15-8)16-13(18)11-6-10(17)4-5-12(11)14/h2-7,17H,1H3,(H,16,18). The zero-order chi connectivity index (χ0) is 13.1. The molecule has 18 heavy (non-hydrogen) atoms. The molecule has 0 saturated heterocycles. The third-order valence-electron chi connectivity index (χ3n) is 2.36. The van der Waals surface area contributed by atoms with Gasteiger partial charge in [-0.25, -0.2) is 0 Å². The number of aryl methyl sites for hydroxylation is 1. The fraction of sp³-hybridized carbons (Fsp3) is 0.0769. The van der Waals surface area contributed by atoms with E-state index in [0.717, 1.165) is 5.69 Å². The van der Waals surface area contributed by atoms with Crippen molar-refractivity contribution in [3.8, 4) is 5.75 Å². The molecule has 0 fully saturated rings. The van der Waals surface area contributed by atoms with Crippen molar-refractivity contribution in [2.75, 3.05) is 5.32 Å². The number of amides is 1. The first kappa shape index (κ1) is 12.4. The molecule has 1 heterocycles. The number of rotatable bonds is 2. The molecule has 2 N–H and O–H groups in total. The third kappa shape index (κ3) is 2.78. The Morgan fingerprint density at radius 1 is 1.33 bits per heavy atom. The highest BCUT2D eigenvalue weighted by atomic mass is 35.5. The van der Waals surface area contributed by atoms with Gasteiger partial charge in [-0.1, -0.05) is 11.6 Å². The number of phenols is 1. The van der Waals surface area contributed by atoms with Crippen LogP contribution in [0.1, 0.15) is 16.1 Å². The van der Waals surface area contributed by atoms with Crippen molar-refractivity contribution in [1.82, 2.24) is 4.98 Å². The number of carbonyl (C=O) groups excluding carboxylic acids is 1. The lowest BCUT2D eigenvalue weighted by Crippen LogP contribution is -2.12. The topological polar surface area (TPSA) is 62.2 Å². The van der Waals surface area contributed by atoms with E-state index in [0.29, 0.717) is 5.69 Å². The lowest BCUT2D eigenvalue weighted by atomic mass is 10.2. The molecule has 0 atom stereocenters. The fourth-order valence-corrected chi connectivity index (χ4v) is 1.63. The molecule has 0 bridgehead atoms. The minimum atomic E-state index is -0.387. The second-order valence-electron chi connectivity index (χ2n) is 3.81. The number of phenolic OH excluding ortho intramolecular Hbond substituents is 1. The van der Waals surface area contributed by atoms with Crippen molar-refractivity contribution in [2.24, 2.45) is 0 Å². The number of carbonyl (C=O) groups is 1. The van der Waals surface area contributed by atoms with E-state index in [4.69, 9.17) is 11.6 Å². The number of aromatic hydroxyl groups is 1. The van der Waals surface area contributed by atoms with Gasteiger partial charge in [0.05, 0.1) is 22.5 Å². The highest BCUT2D eigenvalue weighted by Crippen LogP contribution is 2.22. The Balaban J connectivity index is 2.21. The van der Waals surface area contributed by atoms with Gasteiger partial charge < -0.3 is 10.4 Å².